The first-order valence-corrected chi connectivity index (χ1v) is 6.98. The Morgan fingerprint density at radius 3 is 2.62 bits per heavy atom. The second kappa shape index (κ2) is 5.73. The molecular formula is C15H12F4N4O. The van der Waals surface area contributed by atoms with Crippen molar-refractivity contribution in [3.63, 3.8) is 0 Å². The number of hydrogen-bond donors (Lipinski definition) is 0. The molecular weight excluding hydrogens is 328 g/mol. The molecule has 0 aliphatic carbocycles. The van der Waals surface area contributed by atoms with Crippen molar-refractivity contribution in [2.75, 3.05) is 0 Å². The van der Waals surface area contributed by atoms with Gasteiger partial charge in [0.25, 0.3) is 5.89 Å². The molecule has 0 bridgehead atoms. The number of benzene rings is 1. The Hall–Kier alpha value is -2.71. The third-order valence-corrected chi connectivity index (χ3v) is 3.54. The van der Waals surface area contributed by atoms with E-state index in [0.29, 0.717) is 5.56 Å². The van der Waals surface area contributed by atoms with E-state index >= 15 is 0 Å². The van der Waals surface area contributed by atoms with E-state index in [2.05, 4.69) is 15.2 Å². The Labute approximate surface area is 133 Å². The molecule has 0 amide bonds. The fourth-order valence-electron chi connectivity index (χ4n) is 2.17. The fraction of sp³-hybridized carbons (Fsp3) is 0.267. The van der Waals surface area contributed by atoms with Crippen LogP contribution in [0.25, 0.3) is 11.4 Å². The molecule has 126 valence electrons. The van der Waals surface area contributed by atoms with Gasteiger partial charge in [0.2, 0.25) is 5.82 Å². The Morgan fingerprint density at radius 2 is 1.96 bits per heavy atom. The van der Waals surface area contributed by atoms with Gasteiger partial charge in [-0.05, 0) is 37.6 Å². The highest BCUT2D eigenvalue weighted by molar-refractivity contribution is 5.59. The third-order valence-electron chi connectivity index (χ3n) is 3.54. The van der Waals surface area contributed by atoms with Crippen LogP contribution in [-0.2, 0) is 6.18 Å². The summed E-state index contributed by atoms with van der Waals surface area (Å²) in [4.78, 5) is 4.14. The molecule has 1 unspecified atom stereocenters. The molecule has 0 aliphatic rings. The Balaban J connectivity index is 1.90. The van der Waals surface area contributed by atoms with Crippen molar-refractivity contribution < 1.29 is 22.1 Å². The Bertz CT molecular complexity index is 868. The molecule has 0 aliphatic heterocycles. The number of nitrogens with zero attached hydrogens (tertiary/aromatic N) is 4. The van der Waals surface area contributed by atoms with Gasteiger partial charge in [-0.2, -0.15) is 23.3 Å². The van der Waals surface area contributed by atoms with Crippen molar-refractivity contribution in [3.8, 4) is 11.4 Å². The average molecular weight is 340 g/mol. The normalized spacial score (nSPS) is 13.2. The molecule has 0 N–H and O–H groups in total. The van der Waals surface area contributed by atoms with Gasteiger partial charge in [0.05, 0.1) is 0 Å². The van der Waals surface area contributed by atoms with Gasteiger partial charge >= 0.3 is 6.18 Å². The lowest BCUT2D eigenvalue weighted by molar-refractivity contribution is -0.141. The molecule has 1 aromatic carbocycles. The van der Waals surface area contributed by atoms with E-state index in [-0.39, 0.29) is 11.7 Å². The second-order valence-corrected chi connectivity index (χ2v) is 5.27. The summed E-state index contributed by atoms with van der Waals surface area (Å²) in [5.74, 6) is -0.209. The van der Waals surface area contributed by atoms with Crippen molar-refractivity contribution in [1.29, 1.82) is 0 Å². The summed E-state index contributed by atoms with van der Waals surface area (Å²) < 4.78 is 57.4. The lowest BCUT2D eigenvalue weighted by atomic mass is 10.1. The van der Waals surface area contributed by atoms with Gasteiger partial charge in [0.1, 0.15) is 11.9 Å². The van der Waals surface area contributed by atoms with Crippen LogP contribution in [0.1, 0.15) is 30.1 Å². The van der Waals surface area contributed by atoms with Crippen molar-refractivity contribution in [3.05, 3.63) is 53.4 Å². The highest BCUT2D eigenvalue weighted by Crippen LogP contribution is 2.29. The van der Waals surface area contributed by atoms with E-state index in [4.69, 9.17) is 4.52 Å². The molecule has 2 aromatic heterocycles. The van der Waals surface area contributed by atoms with Crippen LogP contribution < -0.4 is 0 Å². The van der Waals surface area contributed by atoms with Gasteiger partial charge in [-0.3, -0.25) is 4.68 Å². The molecule has 0 spiro atoms. The minimum Gasteiger partial charge on any atom is -0.337 e. The first kappa shape index (κ1) is 16.2. The first-order valence-electron chi connectivity index (χ1n) is 6.98. The number of rotatable bonds is 3. The molecule has 3 aromatic rings. The van der Waals surface area contributed by atoms with Crippen molar-refractivity contribution in [2.24, 2.45) is 0 Å². The van der Waals surface area contributed by atoms with E-state index in [1.54, 1.807) is 19.9 Å². The molecule has 5 nitrogen and oxygen atoms in total. The van der Waals surface area contributed by atoms with E-state index < -0.39 is 23.7 Å². The summed E-state index contributed by atoms with van der Waals surface area (Å²) in [5.41, 5.74) is 0.193. The maximum atomic E-state index is 13.4. The van der Waals surface area contributed by atoms with E-state index in [9.17, 15) is 17.6 Å². The van der Waals surface area contributed by atoms with Crippen LogP contribution >= 0.6 is 0 Å². The van der Waals surface area contributed by atoms with Crippen LogP contribution in [-0.4, -0.2) is 19.9 Å². The predicted molar refractivity (Wildman–Crippen MR) is 75.5 cm³/mol. The summed E-state index contributed by atoms with van der Waals surface area (Å²) in [6.07, 6.45) is -3.34. The summed E-state index contributed by atoms with van der Waals surface area (Å²) in [6.45, 7) is 3.33. The zero-order chi connectivity index (χ0) is 17.5. The minimum absolute atomic E-state index is 0.0745. The van der Waals surface area contributed by atoms with Crippen LogP contribution in [0.3, 0.4) is 0 Å². The molecule has 0 fully saturated rings. The monoisotopic (exact) mass is 340 g/mol. The van der Waals surface area contributed by atoms with E-state index in [1.165, 1.54) is 18.3 Å². The first-order chi connectivity index (χ1) is 11.3. The van der Waals surface area contributed by atoms with Gasteiger partial charge in [-0.25, -0.2) is 4.39 Å². The van der Waals surface area contributed by atoms with Gasteiger partial charge < -0.3 is 4.52 Å². The lowest BCUT2D eigenvalue weighted by Gasteiger charge is -2.07. The minimum atomic E-state index is -4.52. The SMILES string of the molecule is Cc1ccc(F)cc1-c1noc(C(C)n2ccc(C(F)(F)F)n2)n1. The van der Waals surface area contributed by atoms with Gasteiger partial charge in [0.15, 0.2) is 5.69 Å². The highest BCUT2D eigenvalue weighted by Gasteiger charge is 2.34. The smallest absolute Gasteiger partial charge is 0.337 e. The standard InChI is InChI=1S/C15H12F4N4O/c1-8-3-4-10(16)7-11(8)13-20-14(24-22-13)9(2)23-6-5-12(21-23)15(17,18)19/h3-7,9H,1-2H3. The summed E-state index contributed by atoms with van der Waals surface area (Å²) in [5, 5.41) is 7.25. The summed E-state index contributed by atoms with van der Waals surface area (Å²) in [7, 11) is 0. The topological polar surface area (TPSA) is 56.7 Å². The fourth-order valence-corrected chi connectivity index (χ4v) is 2.17. The Morgan fingerprint density at radius 1 is 1.21 bits per heavy atom. The predicted octanol–water partition coefficient (Wildman–Crippen LogP) is 4.01. The number of aromatic nitrogens is 4. The zero-order valence-electron chi connectivity index (χ0n) is 12.7. The number of aryl methyl sites for hydroxylation is 1. The highest BCUT2D eigenvalue weighted by atomic mass is 19.4. The maximum absolute atomic E-state index is 13.4. The second-order valence-electron chi connectivity index (χ2n) is 5.27. The molecule has 0 radical (unpaired) electrons. The largest absolute Gasteiger partial charge is 0.435 e. The van der Waals surface area contributed by atoms with Crippen LogP contribution in [0.5, 0.6) is 0 Å². The van der Waals surface area contributed by atoms with Gasteiger partial charge in [0, 0.05) is 11.8 Å². The number of hydrogen-bond acceptors (Lipinski definition) is 4. The third kappa shape index (κ3) is 3.01. The van der Waals surface area contributed by atoms with Crippen molar-refractivity contribution in [2.45, 2.75) is 26.1 Å². The number of alkyl halides is 3. The maximum Gasteiger partial charge on any atom is 0.435 e. The van der Waals surface area contributed by atoms with E-state index in [0.717, 1.165) is 16.3 Å². The van der Waals surface area contributed by atoms with E-state index in [1.807, 2.05) is 0 Å². The number of halogens is 4. The molecule has 0 saturated heterocycles. The van der Waals surface area contributed by atoms with Crippen molar-refractivity contribution in [1.82, 2.24) is 19.9 Å². The summed E-state index contributed by atoms with van der Waals surface area (Å²) >= 11 is 0. The average Bonchev–Trinajstić information content (AvgIpc) is 3.17. The molecule has 1 atom stereocenters. The van der Waals surface area contributed by atoms with Crippen molar-refractivity contribution >= 4 is 0 Å². The molecule has 9 heteroatoms. The Kier molecular flexibility index (Phi) is 3.86. The molecule has 24 heavy (non-hydrogen) atoms. The molecule has 0 saturated carbocycles. The van der Waals surface area contributed by atoms with Gasteiger partial charge in [-0.1, -0.05) is 11.2 Å². The van der Waals surface area contributed by atoms with Crippen LogP contribution in [0, 0.1) is 12.7 Å². The van der Waals surface area contributed by atoms with Crippen LogP contribution in [0.15, 0.2) is 35.0 Å². The molecule has 2 heterocycles. The quantitative estimate of drug-likeness (QED) is 0.676. The van der Waals surface area contributed by atoms with Crippen LogP contribution in [0.4, 0.5) is 17.6 Å². The summed E-state index contributed by atoms with van der Waals surface area (Å²) in [6, 6.07) is 4.32. The van der Waals surface area contributed by atoms with Crippen LogP contribution in [0.2, 0.25) is 0 Å². The molecule has 3 rings (SSSR count). The lowest BCUT2D eigenvalue weighted by Crippen LogP contribution is -2.11. The zero-order valence-corrected chi connectivity index (χ0v) is 12.7. The van der Waals surface area contributed by atoms with Gasteiger partial charge in [-0.15, -0.1) is 0 Å².